The van der Waals surface area contributed by atoms with Crippen molar-refractivity contribution in [2.45, 2.75) is 69.3 Å². The molecule has 1 unspecified atom stereocenters. The third kappa shape index (κ3) is 4.12. The standard InChI is InChI=1S/C16H30N2O4/c1-21-16(22-2)10-11-18(12-14(16)19)15(20)17-13-8-6-4-3-5-7-9-13/h13-14,19H,3-12H2,1-2H3,(H,17,20). The van der Waals surface area contributed by atoms with Gasteiger partial charge in [0.25, 0.3) is 0 Å². The van der Waals surface area contributed by atoms with Crippen LogP contribution in [0.2, 0.25) is 0 Å². The molecule has 0 aromatic rings. The fraction of sp³-hybridized carbons (Fsp3) is 0.938. The molecule has 0 aromatic heterocycles. The molecule has 0 radical (unpaired) electrons. The Morgan fingerprint density at radius 1 is 1.14 bits per heavy atom. The number of aliphatic hydroxyl groups excluding tert-OH is 1. The van der Waals surface area contributed by atoms with Gasteiger partial charge < -0.3 is 24.8 Å². The van der Waals surface area contributed by atoms with E-state index in [1.165, 1.54) is 46.3 Å². The van der Waals surface area contributed by atoms with E-state index in [0.717, 1.165) is 12.8 Å². The second kappa shape index (κ2) is 8.13. The van der Waals surface area contributed by atoms with Gasteiger partial charge in [0.1, 0.15) is 6.10 Å². The van der Waals surface area contributed by atoms with E-state index in [9.17, 15) is 9.90 Å². The topological polar surface area (TPSA) is 71.0 Å². The van der Waals surface area contributed by atoms with Crippen LogP contribution in [0.4, 0.5) is 4.79 Å². The number of methoxy groups -OCH3 is 2. The summed E-state index contributed by atoms with van der Waals surface area (Å²) in [6, 6.07) is 0.187. The quantitative estimate of drug-likeness (QED) is 0.780. The zero-order chi connectivity index (χ0) is 16.0. The van der Waals surface area contributed by atoms with E-state index >= 15 is 0 Å². The smallest absolute Gasteiger partial charge is 0.317 e. The van der Waals surface area contributed by atoms with Crippen molar-refractivity contribution in [3.63, 3.8) is 0 Å². The molecule has 2 N–H and O–H groups in total. The molecule has 2 amide bonds. The number of carbonyl (C=O) groups is 1. The number of nitrogens with zero attached hydrogens (tertiary/aromatic N) is 1. The number of carbonyl (C=O) groups excluding carboxylic acids is 1. The Labute approximate surface area is 133 Å². The van der Waals surface area contributed by atoms with Crippen molar-refractivity contribution in [2.75, 3.05) is 27.3 Å². The van der Waals surface area contributed by atoms with Crippen LogP contribution in [0.5, 0.6) is 0 Å². The lowest BCUT2D eigenvalue weighted by Gasteiger charge is -2.43. The zero-order valence-corrected chi connectivity index (χ0v) is 13.8. The molecule has 2 rings (SSSR count). The summed E-state index contributed by atoms with van der Waals surface area (Å²) in [6.07, 6.45) is 7.96. The van der Waals surface area contributed by atoms with Gasteiger partial charge in [0.2, 0.25) is 0 Å². The van der Waals surface area contributed by atoms with Gasteiger partial charge in [-0.15, -0.1) is 0 Å². The predicted molar refractivity (Wildman–Crippen MR) is 83.6 cm³/mol. The van der Waals surface area contributed by atoms with E-state index in [1.807, 2.05) is 0 Å². The molecule has 0 aromatic carbocycles. The molecule has 1 saturated carbocycles. The molecular weight excluding hydrogens is 284 g/mol. The van der Waals surface area contributed by atoms with Gasteiger partial charge in [-0.2, -0.15) is 0 Å². The summed E-state index contributed by atoms with van der Waals surface area (Å²) >= 11 is 0. The fourth-order valence-corrected chi connectivity index (χ4v) is 3.51. The minimum absolute atomic E-state index is 0.0783. The summed E-state index contributed by atoms with van der Waals surface area (Å²) in [4.78, 5) is 14.1. The summed E-state index contributed by atoms with van der Waals surface area (Å²) in [5.74, 6) is -0.989. The van der Waals surface area contributed by atoms with Crippen molar-refractivity contribution >= 4 is 6.03 Å². The van der Waals surface area contributed by atoms with Crippen LogP contribution in [-0.2, 0) is 9.47 Å². The molecule has 128 valence electrons. The lowest BCUT2D eigenvalue weighted by atomic mass is 9.96. The molecular formula is C16H30N2O4. The SMILES string of the molecule is COC1(OC)CCN(C(=O)NC2CCCCCCC2)CC1O. The van der Waals surface area contributed by atoms with Gasteiger partial charge in [0, 0.05) is 33.2 Å². The van der Waals surface area contributed by atoms with Crippen LogP contribution in [0.1, 0.15) is 51.4 Å². The Bertz CT molecular complexity index is 352. The monoisotopic (exact) mass is 314 g/mol. The van der Waals surface area contributed by atoms with E-state index in [4.69, 9.17) is 9.47 Å². The first-order valence-electron chi connectivity index (χ1n) is 8.45. The van der Waals surface area contributed by atoms with E-state index in [1.54, 1.807) is 4.90 Å². The van der Waals surface area contributed by atoms with Crippen LogP contribution in [-0.4, -0.2) is 61.3 Å². The Kier molecular flexibility index (Phi) is 6.47. The van der Waals surface area contributed by atoms with Crippen LogP contribution in [0.3, 0.4) is 0 Å². The third-order valence-electron chi connectivity index (χ3n) is 5.04. The molecule has 0 bridgehead atoms. The highest BCUT2D eigenvalue weighted by atomic mass is 16.7. The Balaban J connectivity index is 1.85. The minimum atomic E-state index is -0.989. The normalized spacial score (nSPS) is 27.0. The average molecular weight is 314 g/mol. The lowest BCUT2D eigenvalue weighted by Crippen LogP contribution is -2.60. The number of piperidine rings is 1. The van der Waals surface area contributed by atoms with Crippen LogP contribution >= 0.6 is 0 Å². The molecule has 1 atom stereocenters. The second-order valence-electron chi connectivity index (χ2n) is 6.42. The number of ether oxygens (including phenoxy) is 2. The summed E-state index contributed by atoms with van der Waals surface area (Å²) in [7, 11) is 3.05. The van der Waals surface area contributed by atoms with Gasteiger partial charge in [0.15, 0.2) is 5.79 Å². The first-order chi connectivity index (χ1) is 10.6. The van der Waals surface area contributed by atoms with Crippen LogP contribution in [0.25, 0.3) is 0 Å². The molecule has 6 nitrogen and oxygen atoms in total. The van der Waals surface area contributed by atoms with Crippen molar-refractivity contribution in [3.05, 3.63) is 0 Å². The Morgan fingerprint density at radius 3 is 2.27 bits per heavy atom. The average Bonchev–Trinajstić information content (AvgIpc) is 2.50. The number of rotatable bonds is 3. The summed E-state index contributed by atoms with van der Waals surface area (Å²) in [5.41, 5.74) is 0. The molecule has 1 aliphatic carbocycles. The summed E-state index contributed by atoms with van der Waals surface area (Å²) < 4.78 is 10.6. The number of aliphatic hydroxyl groups is 1. The largest absolute Gasteiger partial charge is 0.386 e. The highest BCUT2D eigenvalue weighted by molar-refractivity contribution is 5.74. The summed E-state index contributed by atoms with van der Waals surface area (Å²) in [6.45, 7) is 0.761. The van der Waals surface area contributed by atoms with Crippen LogP contribution in [0, 0.1) is 0 Å². The highest BCUT2D eigenvalue weighted by Gasteiger charge is 2.44. The molecule has 0 spiro atoms. The van der Waals surface area contributed by atoms with Crippen LogP contribution in [0.15, 0.2) is 0 Å². The number of amides is 2. The number of urea groups is 1. The molecule has 1 saturated heterocycles. The third-order valence-corrected chi connectivity index (χ3v) is 5.04. The minimum Gasteiger partial charge on any atom is -0.386 e. The number of nitrogens with one attached hydrogen (secondary N) is 1. The van der Waals surface area contributed by atoms with Crippen molar-refractivity contribution < 1.29 is 19.4 Å². The summed E-state index contributed by atoms with van der Waals surface area (Å²) in [5, 5.41) is 13.4. The van der Waals surface area contributed by atoms with Gasteiger partial charge in [-0.3, -0.25) is 0 Å². The van der Waals surface area contributed by atoms with Gasteiger partial charge in [-0.25, -0.2) is 4.79 Å². The van der Waals surface area contributed by atoms with Gasteiger partial charge in [-0.1, -0.05) is 32.1 Å². The number of hydrogen-bond donors (Lipinski definition) is 2. The Morgan fingerprint density at radius 2 is 1.73 bits per heavy atom. The van der Waals surface area contributed by atoms with E-state index < -0.39 is 11.9 Å². The highest BCUT2D eigenvalue weighted by Crippen LogP contribution is 2.27. The maximum atomic E-state index is 12.4. The van der Waals surface area contributed by atoms with E-state index in [2.05, 4.69) is 5.32 Å². The maximum absolute atomic E-state index is 12.4. The first kappa shape index (κ1) is 17.5. The molecule has 2 aliphatic rings. The second-order valence-corrected chi connectivity index (χ2v) is 6.42. The zero-order valence-electron chi connectivity index (χ0n) is 13.8. The maximum Gasteiger partial charge on any atom is 0.317 e. The number of hydrogen-bond acceptors (Lipinski definition) is 4. The molecule has 1 heterocycles. The number of likely N-dealkylation sites (tertiary alicyclic amines) is 1. The van der Waals surface area contributed by atoms with Crippen molar-refractivity contribution in [2.24, 2.45) is 0 Å². The molecule has 1 aliphatic heterocycles. The molecule has 2 fully saturated rings. The van der Waals surface area contributed by atoms with Gasteiger partial charge in [0.05, 0.1) is 6.54 Å². The first-order valence-corrected chi connectivity index (χ1v) is 8.45. The van der Waals surface area contributed by atoms with Gasteiger partial charge in [-0.05, 0) is 12.8 Å². The molecule has 6 heteroatoms. The van der Waals surface area contributed by atoms with Crippen molar-refractivity contribution in [3.8, 4) is 0 Å². The molecule has 22 heavy (non-hydrogen) atoms. The van der Waals surface area contributed by atoms with E-state index in [-0.39, 0.29) is 18.6 Å². The van der Waals surface area contributed by atoms with Crippen molar-refractivity contribution in [1.82, 2.24) is 10.2 Å². The van der Waals surface area contributed by atoms with Crippen molar-refractivity contribution in [1.29, 1.82) is 0 Å². The fourth-order valence-electron chi connectivity index (χ4n) is 3.51. The Hall–Kier alpha value is -0.850. The predicted octanol–water partition coefficient (Wildman–Crippen LogP) is 1.86. The van der Waals surface area contributed by atoms with E-state index in [0.29, 0.717) is 13.0 Å². The van der Waals surface area contributed by atoms with Crippen LogP contribution < -0.4 is 5.32 Å². The lowest BCUT2D eigenvalue weighted by molar-refractivity contribution is -0.275. The number of β-amino-alcohol motifs (C(OH)–C–C–N with tert-alkyl or cyclic N) is 1. The van der Waals surface area contributed by atoms with Gasteiger partial charge >= 0.3 is 6.03 Å².